The lowest BCUT2D eigenvalue weighted by Gasteiger charge is -2.43. The Bertz CT molecular complexity index is 1300. The van der Waals surface area contributed by atoms with Gasteiger partial charge in [0.1, 0.15) is 0 Å². The number of nitrogens with zero attached hydrogens (tertiary/aromatic N) is 5. The second kappa shape index (κ2) is 7.98. The highest BCUT2D eigenvalue weighted by Crippen LogP contribution is 2.43. The van der Waals surface area contributed by atoms with E-state index in [9.17, 15) is 13.9 Å². The van der Waals surface area contributed by atoms with Crippen molar-refractivity contribution < 1.29 is 13.9 Å². The second-order valence-electron chi connectivity index (χ2n) is 7.98. The zero-order chi connectivity index (χ0) is 22.5. The summed E-state index contributed by atoms with van der Waals surface area (Å²) < 4.78 is 23.4. The number of carbonyl (C=O) groups excluding carboxylic acids is 1. The minimum Gasteiger partial charge on any atom is -0.345 e. The predicted octanol–water partition coefficient (Wildman–Crippen LogP) is 2.44. The summed E-state index contributed by atoms with van der Waals surface area (Å²) in [5, 5.41) is 13.4. The molecule has 0 bridgehead atoms. The fraction of sp³-hybridized carbons (Fsp3) is 0.300. The van der Waals surface area contributed by atoms with Gasteiger partial charge in [0, 0.05) is 54.1 Å². The van der Waals surface area contributed by atoms with Crippen LogP contribution in [0.1, 0.15) is 16.1 Å². The van der Waals surface area contributed by atoms with Crippen LogP contribution in [0.25, 0.3) is 27.9 Å². The largest absolute Gasteiger partial charge is 0.345 e. The maximum Gasteiger partial charge on any atom is 0.261 e. The zero-order valence-corrected chi connectivity index (χ0v) is 18.9. The zero-order valence-electron chi connectivity index (χ0n) is 17.3. The van der Waals surface area contributed by atoms with E-state index in [2.05, 4.69) is 20.5 Å². The molecule has 1 amide bonds. The van der Waals surface area contributed by atoms with Crippen molar-refractivity contribution >= 4 is 33.5 Å². The van der Waals surface area contributed by atoms with Crippen molar-refractivity contribution in [1.82, 2.24) is 29.7 Å². The maximum atomic E-state index is 12.8. The highest BCUT2D eigenvalue weighted by atomic mass is 32.3. The number of thiophene rings is 1. The molecule has 0 aromatic carbocycles. The Hall–Kier alpha value is -2.77. The number of nitrogens with one attached hydrogen (secondary N) is 1. The summed E-state index contributed by atoms with van der Waals surface area (Å²) >= 11 is 1.31. The number of rotatable bonds is 4. The molecule has 5 heterocycles. The smallest absolute Gasteiger partial charge is 0.261 e. The first-order chi connectivity index (χ1) is 15.3. The van der Waals surface area contributed by atoms with E-state index in [4.69, 9.17) is 5.73 Å². The number of carbonyl (C=O) groups is 1. The number of aromatic nitrogens is 5. The van der Waals surface area contributed by atoms with Crippen LogP contribution in [0.15, 0.2) is 42.4 Å². The Balaban J connectivity index is 1.36. The van der Waals surface area contributed by atoms with Crippen LogP contribution in [0.3, 0.4) is 0 Å². The lowest BCUT2D eigenvalue weighted by molar-refractivity contribution is 0.0938. The molecule has 5 rings (SSSR count). The van der Waals surface area contributed by atoms with E-state index in [0.717, 1.165) is 22.3 Å². The number of amides is 1. The summed E-state index contributed by atoms with van der Waals surface area (Å²) in [5.41, 5.74) is 10.3. The fourth-order valence-corrected chi connectivity index (χ4v) is 6.33. The van der Waals surface area contributed by atoms with Crippen LogP contribution in [0, 0.1) is 0 Å². The molecule has 0 spiro atoms. The van der Waals surface area contributed by atoms with Crippen LogP contribution in [0.4, 0.5) is 0 Å². The van der Waals surface area contributed by atoms with Crippen molar-refractivity contribution in [2.75, 3.05) is 11.5 Å². The molecule has 32 heavy (non-hydrogen) atoms. The molecule has 2 atom stereocenters. The molecular formula is C20H23N7O3S2. The van der Waals surface area contributed by atoms with Crippen molar-refractivity contribution in [2.45, 2.75) is 18.5 Å². The number of hydrogen-bond donors (Lipinski definition) is 4. The monoisotopic (exact) mass is 473 g/mol. The van der Waals surface area contributed by atoms with Crippen molar-refractivity contribution in [1.29, 1.82) is 0 Å². The molecule has 0 radical (unpaired) electrons. The quantitative estimate of drug-likeness (QED) is 0.356. The SMILES string of the molecule is Cn1cc(-c2cnc3c(-c4csc(C(=O)N[C@H]5CS(O)(O)CC[C@@H]5N)c4)cnn3c2)cn1. The van der Waals surface area contributed by atoms with Gasteiger partial charge in [-0.3, -0.25) is 18.6 Å². The van der Waals surface area contributed by atoms with Gasteiger partial charge in [-0.05, 0) is 23.4 Å². The van der Waals surface area contributed by atoms with Gasteiger partial charge in [0.25, 0.3) is 5.91 Å². The molecule has 4 aromatic rings. The topological polar surface area (TPSA) is 144 Å². The van der Waals surface area contributed by atoms with Gasteiger partial charge in [-0.15, -0.1) is 11.3 Å². The first-order valence-corrected chi connectivity index (χ1v) is 12.8. The Morgan fingerprint density at radius 2 is 2.03 bits per heavy atom. The highest BCUT2D eigenvalue weighted by Gasteiger charge is 2.32. The fourth-order valence-electron chi connectivity index (χ4n) is 3.80. The van der Waals surface area contributed by atoms with Crippen LogP contribution >= 0.6 is 21.9 Å². The van der Waals surface area contributed by atoms with Crippen molar-refractivity contribution in [3.05, 3.63) is 47.3 Å². The van der Waals surface area contributed by atoms with Crippen LogP contribution < -0.4 is 11.1 Å². The Morgan fingerprint density at radius 1 is 1.22 bits per heavy atom. The second-order valence-corrected chi connectivity index (χ2v) is 11.2. The molecule has 1 saturated heterocycles. The summed E-state index contributed by atoms with van der Waals surface area (Å²) in [4.78, 5) is 17.9. The Morgan fingerprint density at radius 3 is 2.81 bits per heavy atom. The van der Waals surface area contributed by atoms with Crippen LogP contribution in [-0.4, -0.2) is 63.0 Å². The van der Waals surface area contributed by atoms with Gasteiger partial charge >= 0.3 is 0 Å². The number of hydrogen-bond acceptors (Lipinski definition) is 8. The average Bonchev–Trinajstić information content (AvgIpc) is 3.49. The lowest BCUT2D eigenvalue weighted by atomic mass is 10.1. The van der Waals surface area contributed by atoms with Crippen LogP contribution in [0.2, 0.25) is 0 Å². The average molecular weight is 474 g/mol. The summed E-state index contributed by atoms with van der Waals surface area (Å²) in [7, 11) is -0.825. The highest BCUT2D eigenvalue weighted by molar-refractivity contribution is 8.24. The molecule has 10 nitrogen and oxygen atoms in total. The lowest BCUT2D eigenvalue weighted by Crippen LogP contribution is -2.53. The first kappa shape index (κ1) is 21.1. The Labute approximate surface area is 189 Å². The third kappa shape index (κ3) is 4.02. The number of nitrogens with two attached hydrogens (primary N) is 1. The third-order valence-electron chi connectivity index (χ3n) is 5.59. The summed E-state index contributed by atoms with van der Waals surface area (Å²) in [6.45, 7) is 0. The normalized spacial score (nSPS) is 21.5. The molecule has 12 heteroatoms. The molecule has 1 aliphatic rings. The molecule has 0 saturated carbocycles. The van der Waals surface area contributed by atoms with Crippen molar-refractivity contribution in [3.63, 3.8) is 0 Å². The predicted molar refractivity (Wildman–Crippen MR) is 125 cm³/mol. The summed E-state index contributed by atoms with van der Waals surface area (Å²) in [5.74, 6) is 0.102. The van der Waals surface area contributed by atoms with Gasteiger partial charge in [0.15, 0.2) is 5.65 Å². The van der Waals surface area contributed by atoms with Crippen LogP contribution in [-0.2, 0) is 7.05 Å². The van der Waals surface area contributed by atoms with Gasteiger partial charge in [0.05, 0.1) is 29.1 Å². The minimum absolute atomic E-state index is 0.0926. The molecule has 0 unspecified atom stereocenters. The van der Waals surface area contributed by atoms with E-state index >= 15 is 0 Å². The van der Waals surface area contributed by atoms with Crippen molar-refractivity contribution in [2.24, 2.45) is 12.8 Å². The maximum absolute atomic E-state index is 12.8. The van der Waals surface area contributed by atoms with Gasteiger partial charge in [-0.2, -0.15) is 20.8 Å². The molecule has 1 aliphatic heterocycles. The minimum atomic E-state index is -2.69. The van der Waals surface area contributed by atoms with E-state index in [1.165, 1.54) is 11.3 Å². The van der Waals surface area contributed by atoms with Crippen LogP contribution in [0.5, 0.6) is 0 Å². The third-order valence-corrected chi connectivity index (χ3v) is 8.30. The van der Waals surface area contributed by atoms with E-state index in [-0.39, 0.29) is 23.5 Å². The van der Waals surface area contributed by atoms with E-state index in [0.29, 0.717) is 16.9 Å². The van der Waals surface area contributed by atoms with E-state index in [1.807, 2.05) is 24.8 Å². The van der Waals surface area contributed by atoms with Gasteiger partial charge in [-0.1, -0.05) is 0 Å². The molecule has 0 aliphatic carbocycles. The van der Waals surface area contributed by atoms with Crippen molar-refractivity contribution in [3.8, 4) is 22.3 Å². The van der Waals surface area contributed by atoms with Gasteiger partial charge < -0.3 is 11.1 Å². The number of aryl methyl sites for hydroxylation is 1. The van der Waals surface area contributed by atoms with E-state index in [1.54, 1.807) is 33.9 Å². The molecule has 5 N–H and O–H groups in total. The molecular weight excluding hydrogens is 450 g/mol. The first-order valence-electron chi connectivity index (χ1n) is 10.0. The molecule has 168 valence electrons. The Kier molecular flexibility index (Phi) is 5.26. The molecule has 1 fully saturated rings. The summed E-state index contributed by atoms with van der Waals surface area (Å²) in [6.07, 6.45) is 9.55. The van der Waals surface area contributed by atoms with Gasteiger partial charge in [0.2, 0.25) is 0 Å². The standard InChI is InChI=1S/C20H23N7O3S2/c1-26-8-14(6-23-26)13-5-22-19-15(7-24-27(19)9-13)12-4-18(31-10-12)20(28)25-17-11-32(29,30)3-2-16(17)21/h4-10,16-17,29-30H,2-3,11,21H2,1H3,(H,25,28)/t16-,17-/m0/s1. The summed E-state index contributed by atoms with van der Waals surface area (Å²) in [6, 6.07) is 1.03. The number of fused-ring (bicyclic) bond motifs is 1. The molecule has 4 aromatic heterocycles. The van der Waals surface area contributed by atoms with E-state index < -0.39 is 16.6 Å². The van der Waals surface area contributed by atoms with Gasteiger partial charge in [-0.25, -0.2) is 9.50 Å².